The molecular weight excluding hydrogens is 468 g/mol. The first-order valence-electron chi connectivity index (χ1n) is 11.9. The molecule has 1 unspecified atom stereocenters. The summed E-state index contributed by atoms with van der Waals surface area (Å²) in [6.45, 7) is 2.72. The van der Waals surface area contributed by atoms with Crippen molar-refractivity contribution in [3.63, 3.8) is 0 Å². The van der Waals surface area contributed by atoms with Crippen molar-refractivity contribution >= 4 is 17.6 Å². The molecule has 0 bridgehead atoms. The number of benzene rings is 2. The van der Waals surface area contributed by atoms with Crippen LogP contribution >= 0.6 is 0 Å². The fourth-order valence-electron chi connectivity index (χ4n) is 4.07. The zero-order valence-corrected chi connectivity index (χ0v) is 20.1. The van der Waals surface area contributed by atoms with Gasteiger partial charge in [0.1, 0.15) is 29.7 Å². The number of furan rings is 1. The second-order valence-corrected chi connectivity index (χ2v) is 8.81. The number of nitrogens with zero attached hydrogens (tertiary/aromatic N) is 2. The van der Waals surface area contributed by atoms with E-state index in [1.807, 2.05) is 13.0 Å². The number of rotatable bonds is 9. The second kappa shape index (κ2) is 11.8. The molecule has 2 heterocycles. The second-order valence-electron chi connectivity index (χ2n) is 8.81. The lowest BCUT2D eigenvalue weighted by Crippen LogP contribution is -2.47. The third-order valence-electron chi connectivity index (χ3n) is 5.96. The van der Waals surface area contributed by atoms with Crippen molar-refractivity contribution in [2.45, 2.75) is 39.0 Å². The summed E-state index contributed by atoms with van der Waals surface area (Å²) >= 11 is 0. The molecule has 1 aliphatic rings. The smallest absolute Gasteiger partial charge is 0.322 e. The van der Waals surface area contributed by atoms with Crippen LogP contribution in [0.15, 0.2) is 65.1 Å². The Morgan fingerprint density at radius 1 is 1.00 bits per heavy atom. The minimum atomic E-state index is -0.598. The highest BCUT2D eigenvalue weighted by atomic mass is 19.1. The number of hydrogen-bond acceptors (Lipinski definition) is 4. The van der Waals surface area contributed by atoms with Gasteiger partial charge in [0.15, 0.2) is 0 Å². The van der Waals surface area contributed by atoms with Crippen molar-refractivity contribution in [3.8, 4) is 0 Å². The summed E-state index contributed by atoms with van der Waals surface area (Å²) in [5, 5.41) is 2.56. The molecule has 1 saturated heterocycles. The van der Waals surface area contributed by atoms with Gasteiger partial charge in [-0.2, -0.15) is 0 Å². The Morgan fingerprint density at radius 2 is 1.78 bits per heavy atom. The van der Waals surface area contributed by atoms with Crippen LogP contribution in [0.3, 0.4) is 0 Å². The Hall–Kier alpha value is -3.72. The monoisotopic (exact) mass is 497 g/mol. The summed E-state index contributed by atoms with van der Waals surface area (Å²) in [5.41, 5.74) is 0.760. The predicted octanol–water partition coefficient (Wildman–Crippen LogP) is 5.11. The van der Waals surface area contributed by atoms with Crippen LogP contribution < -0.4 is 5.32 Å². The van der Waals surface area contributed by atoms with Crippen LogP contribution in [0.5, 0.6) is 0 Å². The van der Waals surface area contributed by atoms with Crippen molar-refractivity contribution in [1.82, 2.24) is 9.80 Å². The number of anilines is 1. The average molecular weight is 498 g/mol. The predicted molar refractivity (Wildman–Crippen MR) is 130 cm³/mol. The molecule has 1 fully saturated rings. The first kappa shape index (κ1) is 25.4. The van der Waals surface area contributed by atoms with Crippen LogP contribution in [0, 0.1) is 18.6 Å². The van der Waals surface area contributed by atoms with Gasteiger partial charge in [0.2, 0.25) is 5.91 Å². The maximum atomic E-state index is 14.2. The number of carbonyl (C=O) groups is 2. The highest BCUT2D eigenvalue weighted by molar-refractivity contribution is 5.92. The molecule has 3 aromatic rings. The van der Waals surface area contributed by atoms with Crippen LogP contribution in [0.1, 0.15) is 29.9 Å². The molecule has 4 rings (SSSR count). The van der Waals surface area contributed by atoms with Crippen LogP contribution in [0.2, 0.25) is 0 Å². The molecule has 1 N–H and O–H groups in total. The molecule has 1 atom stereocenters. The number of aryl methyl sites for hydroxylation is 1. The highest BCUT2D eigenvalue weighted by Crippen LogP contribution is 2.18. The summed E-state index contributed by atoms with van der Waals surface area (Å²) in [7, 11) is 0. The number of ether oxygens (including phenoxy) is 1. The zero-order chi connectivity index (χ0) is 25.5. The molecule has 0 spiro atoms. The Balaban J connectivity index is 1.52. The van der Waals surface area contributed by atoms with Crippen LogP contribution in [-0.4, -0.2) is 47.5 Å². The first-order chi connectivity index (χ1) is 17.4. The summed E-state index contributed by atoms with van der Waals surface area (Å²) in [4.78, 5) is 29.5. The van der Waals surface area contributed by atoms with Gasteiger partial charge in [0.05, 0.1) is 18.3 Å². The fraction of sp³-hybridized carbons (Fsp3) is 0.333. The molecule has 36 heavy (non-hydrogen) atoms. The molecular formula is C27H29F2N3O4. The lowest BCUT2D eigenvalue weighted by molar-refractivity contribution is -0.133. The summed E-state index contributed by atoms with van der Waals surface area (Å²) in [6, 6.07) is 14.7. The van der Waals surface area contributed by atoms with Gasteiger partial charge in [0, 0.05) is 19.7 Å². The number of carbonyl (C=O) groups excluding carboxylic acids is 2. The molecule has 2 aromatic carbocycles. The maximum absolute atomic E-state index is 14.2. The van der Waals surface area contributed by atoms with Crippen molar-refractivity contribution < 1.29 is 27.5 Å². The van der Waals surface area contributed by atoms with E-state index in [9.17, 15) is 18.4 Å². The lowest BCUT2D eigenvalue weighted by Gasteiger charge is -2.29. The Bertz CT molecular complexity index is 1180. The summed E-state index contributed by atoms with van der Waals surface area (Å²) in [5.74, 6) is 0.0224. The average Bonchev–Trinajstić information content (AvgIpc) is 3.52. The topological polar surface area (TPSA) is 75.0 Å². The van der Waals surface area contributed by atoms with Gasteiger partial charge in [-0.1, -0.05) is 24.3 Å². The number of amides is 3. The molecule has 3 amide bonds. The molecule has 7 nitrogen and oxygen atoms in total. The summed E-state index contributed by atoms with van der Waals surface area (Å²) < 4.78 is 38.9. The Morgan fingerprint density at radius 3 is 2.44 bits per heavy atom. The first-order valence-corrected chi connectivity index (χ1v) is 11.9. The zero-order valence-electron chi connectivity index (χ0n) is 20.1. The standard InChI is InChI=1S/C27H29F2N3O4/c1-19-8-13-23(36-19)17-31(15-20-9-11-21(28)12-10-20)26(33)18-32(16-22-5-4-14-35-22)27(34)30-25-7-3-2-6-24(25)29/h2-3,6-13,22H,4-5,14-18H2,1H3,(H,30,34). The third-order valence-corrected chi connectivity index (χ3v) is 5.96. The van der Waals surface area contributed by atoms with E-state index in [4.69, 9.17) is 9.15 Å². The van der Waals surface area contributed by atoms with Crippen molar-refractivity contribution in [2.75, 3.05) is 25.0 Å². The molecule has 1 aromatic heterocycles. The third kappa shape index (κ3) is 6.91. The van der Waals surface area contributed by atoms with E-state index in [0.29, 0.717) is 18.1 Å². The molecule has 190 valence electrons. The molecule has 0 aliphatic carbocycles. The normalized spacial score (nSPS) is 15.0. The minimum absolute atomic E-state index is 0.0292. The van der Waals surface area contributed by atoms with Crippen molar-refractivity contribution in [3.05, 3.63) is 89.4 Å². The van der Waals surface area contributed by atoms with E-state index in [-0.39, 0.29) is 49.7 Å². The number of halogens is 2. The maximum Gasteiger partial charge on any atom is 0.322 e. The fourth-order valence-corrected chi connectivity index (χ4v) is 4.07. The Labute approximate surface area is 208 Å². The van der Waals surface area contributed by atoms with E-state index in [0.717, 1.165) is 18.4 Å². The van der Waals surface area contributed by atoms with Crippen LogP contribution in [0.25, 0.3) is 0 Å². The van der Waals surface area contributed by atoms with Gasteiger partial charge in [0.25, 0.3) is 0 Å². The van der Waals surface area contributed by atoms with Gasteiger partial charge in [-0.3, -0.25) is 4.79 Å². The highest BCUT2D eigenvalue weighted by Gasteiger charge is 2.27. The summed E-state index contributed by atoms with van der Waals surface area (Å²) in [6.07, 6.45) is 1.43. The van der Waals surface area contributed by atoms with Gasteiger partial charge in [-0.05, 0) is 61.7 Å². The quantitative estimate of drug-likeness (QED) is 0.446. The van der Waals surface area contributed by atoms with Gasteiger partial charge in [-0.25, -0.2) is 13.6 Å². The van der Waals surface area contributed by atoms with Gasteiger partial charge >= 0.3 is 6.03 Å². The SMILES string of the molecule is Cc1ccc(CN(Cc2ccc(F)cc2)C(=O)CN(CC2CCCO2)C(=O)Nc2ccccc2F)o1. The van der Waals surface area contributed by atoms with Crippen molar-refractivity contribution in [2.24, 2.45) is 0 Å². The van der Waals surface area contributed by atoms with Gasteiger partial charge < -0.3 is 24.3 Å². The Kier molecular flexibility index (Phi) is 8.32. The number of urea groups is 1. The minimum Gasteiger partial charge on any atom is -0.464 e. The molecule has 1 aliphatic heterocycles. The van der Waals surface area contributed by atoms with E-state index >= 15 is 0 Å². The number of nitrogens with one attached hydrogen (secondary N) is 1. The molecule has 0 radical (unpaired) electrons. The van der Waals surface area contributed by atoms with Crippen LogP contribution in [-0.2, 0) is 22.6 Å². The van der Waals surface area contributed by atoms with E-state index < -0.39 is 11.8 Å². The molecule has 9 heteroatoms. The largest absolute Gasteiger partial charge is 0.464 e. The number of para-hydroxylation sites is 1. The lowest BCUT2D eigenvalue weighted by atomic mass is 10.2. The van der Waals surface area contributed by atoms with E-state index in [1.54, 1.807) is 29.2 Å². The molecule has 0 saturated carbocycles. The van der Waals surface area contributed by atoms with E-state index in [2.05, 4.69) is 5.32 Å². The number of hydrogen-bond donors (Lipinski definition) is 1. The van der Waals surface area contributed by atoms with E-state index in [1.165, 1.54) is 35.2 Å². The van der Waals surface area contributed by atoms with Crippen molar-refractivity contribution in [1.29, 1.82) is 0 Å². The van der Waals surface area contributed by atoms with Gasteiger partial charge in [-0.15, -0.1) is 0 Å². The van der Waals surface area contributed by atoms with Crippen LogP contribution in [0.4, 0.5) is 19.3 Å².